The minimum atomic E-state index is -0.527. The standard InChI is InChI=1S/C16H23F2ISi/c1-2-3-11-4-6-12(7-5-11)10-20-13-8-14(17)16(19)15(18)9-13/h8-9,11-12H,2-7,10,20H2,1H3. The van der Waals surface area contributed by atoms with Gasteiger partial charge in [-0.15, -0.1) is 0 Å². The predicted octanol–water partition coefficient (Wildman–Crippen LogP) is 4.39. The second-order valence-electron chi connectivity index (χ2n) is 6.09. The lowest BCUT2D eigenvalue weighted by Crippen LogP contribution is -2.22. The van der Waals surface area contributed by atoms with Gasteiger partial charge in [0, 0.05) is 0 Å². The van der Waals surface area contributed by atoms with E-state index in [-0.39, 0.29) is 15.2 Å². The second kappa shape index (κ2) is 7.87. The van der Waals surface area contributed by atoms with Crippen molar-refractivity contribution in [2.45, 2.75) is 51.5 Å². The molecule has 0 bridgehead atoms. The van der Waals surface area contributed by atoms with Gasteiger partial charge in [-0.2, -0.15) is 0 Å². The Balaban J connectivity index is 1.82. The molecule has 4 heteroatoms. The molecule has 0 aliphatic heterocycles. The van der Waals surface area contributed by atoms with Crippen molar-refractivity contribution in [3.05, 3.63) is 27.3 Å². The van der Waals surface area contributed by atoms with Crippen LogP contribution in [0, 0.1) is 27.0 Å². The SMILES string of the molecule is CCCC1CCC(C[SiH2]c2cc(F)c(I)c(F)c2)CC1. The molecule has 0 nitrogen and oxygen atoms in total. The summed E-state index contributed by atoms with van der Waals surface area (Å²) in [5.74, 6) is 0.964. The Morgan fingerprint density at radius 2 is 1.65 bits per heavy atom. The van der Waals surface area contributed by atoms with Crippen LogP contribution in [0.25, 0.3) is 0 Å². The molecule has 0 radical (unpaired) electrons. The van der Waals surface area contributed by atoms with Crippen molar-refractivity contribution >= 4 is 37.3 Å². The van der Waals surface area contributed by atoms with E-state index in [1.165, 1.54) is 44.6 Å². The maximum atomic E-state index is 13.5. The molecule has 1 aliphatic rings. The maximum Gasteiger partial charge on any atom is 0.139 e. The molecule has 0 amide bonds. The Kier molecular flexibility index (Phi) is 6.45. The van der Waals surface area contributed by atoms with Crippen LogP contribution in [0.2, 0.25) is 6.04 Å². The average molecular weight is 408 g/mol. The number of rotatable bonds is 5. The smallest absolute Gasteiger partial charge is 0.139 e. The molecule has 0 heterocycles. The second-order valence-corrected chi connectivity index (χ2v) is 9.06. The van der Waals surface area contributed by atoms with E-state index in [2.05, 4.69) is 6.92 Å². The topological polar surface area (TPSA) is 0 Å². The molecule has 0 atom stereocenters. The van der Waals surface area contributed by atoms with Crippen LogP contribution in [0.15, 0.2) is 12.1 Å². The van der Waals surface area contributed by atoms with Gasteiger partial charge in [0.1, 0.15) is 11.6 Å². The van der Waals surface area contributed by atoms with Crippen molar-refractivity contribution in [3.8, 4) is 0 Å². The van der Waals surface area contributed by atoms with E-state index in [0.29, 0.717) is 0 Å². The van der Waals surface area contributed by atoms with Gasteiger partial charge in [-0.3, -0.25) is 0 Å². The molecule has 20 heavy (non-hydrogen) atoms. The molecule has 1 fully saturated rings. The summed E-state index contributed by atoms with van der Waals surface area (Å²) >= 11 is 1.73. The van der Waals surface area contributed by atoms with Crippen molar-refractivity contribution in [3.63, 3.8) is 0 Å². The lowest BCUT2D eigenvalue weighted by atomic mass is 9.81. The zero-order chi connectivity index (χ0) is 14.5. The Hall–Kier alpha value is 0.0269. The molecule has 2 rings (SSSR count). The van der Waals surface area contributed by atoms with Crippen molar-refractivity contribution in [2.75, 3.05) is 0 Å². The summed E-state index contributed by atoms with van der Waals surface area (Å²) in [5, 5.41) is 0.941. The lowest BCUT2D eigenvalue weighted by molar-refractivity contribution is 0.276. The molecule has 0 saturated heterocycles. The summed E-state index contributed by atoms with van der Waals surface area (Å²) in [7, 11) is -0.527. The molecule has 1 aromatic carbocycles. The Labute approximate surface area is 136 Å². The number of benzene rings is 1. The van der Waals surface area contributed by atoms with Gasteiger partial charge in [0.05, 0.1) is 13.1 Å². The van der Waals surface area contributed by atoms with Gasteiger partial charge in [0.25, 0.3) is 0 Å². The summed E-state index contributed by atoms with van der Waals surface area (Å²) in [4.78, 5) is 0. The highest BCUT2D eigenvalue weighted by Crippen LogP contribution is 2.33. The third-order valence-corrected chi connectivity index (χ3v) is 7.67. The maximum absolute atomic E-state index is 13.5. The first-order valence-corrected chi connectivity index (χ1v) is 10.5. The van der Waals surface area contributed by atoms with E-state index in [0.717, 1.165) is 17.0 Å². The molecule has 0 N–H and O–H groups in total. The quantitative estimate of drug-likeness (QED) is 0.385. The van der Waals surface area contributed by atoms with Gasteiger partial charge in [-0.1, -0.05) is 56.7 Å². The Bertz CT molecular complexity index is 419. The third-order valence-electron chi connectivity index (χ3n) is 4.55. The zero-order valence-electron chi connectivity index (χ0n) is 12.1. The van der Waals surface area contributed by atoms with Crippen molar-refractivity contribution in [1.82, 2.24) is 0 Å². The first kappa shape index (κ1) is 16.4. The van der Waals surface area contributed by atoms with Crippen molar-refractivity contribution < 1.29 is 8.78 Å². The molecule has 1 aromatic rings. The van der Waals surface area contributed by atoms with Crippen LogP contribution >= 0.6 is 22.6 Å². The Morgan fingerprint density at radius 3 is 2.20 bits per heavy atom. The van der Waals surface area contributed by atoms with Gasteiger partial charge >= 0.3 is 0 Å². The molecule has 1 aliphatic carbocycles. The lowest BCUT2D eigenvalue weighted by Gasteiger charge is -2.28. The van der Waals surface area contributed by atoms with Crippen molar-refractivity contribution in [1.29, 1.82) is 0 Å². The van der Waals surface area contributed by atoms with E-state index in [9.17, 15) is 8.78 Å². The largest absolute Gasteiger partial charge is 0.206 e. The zero-order valence-corrected chi connectivity index (χ0v) is 15.7. The van der Waals surface area contributed by atoms with Crippen LogP contribution in [0.4, 0.5) is 8.78 Å². The third kappa shape index (κ3) is 4.51. The summed E-state index contributed by atoms with van der Waals surface area (Å²) in [6.45, 7) is 2.26. The summed E-state index contributed by atoms with van der Waals surface area (Å²) in [6.07, 6.45) is 8.05. The summed E-state index contributed by atoms with van der Waals surface area (Å²) < 4.78 is 27.2. The molecule has 0 spiro atoms. The van der Waals surface area contributed by atoms with Crippen LogP contribution in [0.3, 0.4) is 0 Å². The van der Waals surface area contributed by atoms with E-state index in [1.54, 1.807) is 34.7 Å². The normalized spacial score (nSPS) is 23.6. The predicted molar refractivity (Wildman–Crippen MR) is 92.4 cm³/mol. The molecule has 112 valence electrons. The minimum absolute atomic E-state index is 0.125. The van der Waals surface area contributed by atoms with E-state index < -0.39 is 9.52 Å². The van der Waals surface area contributed by atoms with Gasteiger partial charge in [0.2, 0.25) is 0 Å². The van der Waals surface area contributed by atoms with Crippen LogP contribution < -0.4 is 5.19 Å². The highest BCUT2D eigenvalue weighted by molar-refractivity contribution is 14.1. The molecule has 0 aromatic heterocycles. The highest BCUT2D eigenvalue weighted by Gasteiger charge is 2.20. The molecular formula is C16H23F2ISi. The number of hydrogen-bond acceptors (Lipinski definition) is 0. The summed E-state index contributed by atoms with van der Waals surface area (Å²) in [5.41, 5.74) is 0. The van der Waals surface area contributed by atoms with Crippen molar-refractivity contribution in [2.24, 2.45) is 11.8 Å². The molecule has 1 saturated carbocycles. The summed E-state index contributed by atoms with van der Waals surface area (Å²) in [6, 6.07) is 4.32. The monoisotopic (exact) mass is 408 g/mol. The first-order chi connectivity index (χ1) is 9.60. The van der Waals surface area contributed by atoms with E-state index in [4.69, 9.17) is 0 Å². The van der Waals surface area contributed by atoms with Gasteiger partial charge in [-0.25, -0.2) is 8.78 Å². The fourth-order valence-electron chi connectivity index (χ4n) is 3.34. The average Bonchev–Trinajstić information content (AvgIpc) is 2.44. The van der Waals surface area contributed by atoms with Crippen LogP contribution in [-0.4, -0.2) is 9.52 Å². The van der Waals surface area contributed by atoms with E-state index >= 15 is 0 Å². The van der Waals surface area contributed by atoms with Gasteiger partial charge in [-0.05, 0) is 46.6 Å². The van der Waals surface area contributed by atoms with Gasteiger partial charge in [0.15, 0.2) is 0 Å². The Morgan fingerprint density at radius 1 is 1.10 bits per heavy atom. The minimum Gasteiger partial charge on any atom is -0.206 e. The number of hydrogen-bond donors (Lipinski definition) is 0. The fraction of sp³-hybridized carbons (Fsp3) is 0.625. The first-order valence-electron chi connectivity index (χ1n) is 7.73. The number of halogens is 3. The highest BCUT2D eigenvalue weighted by atomic mass is 127. The molecular weight excluding hydrogens is 385 g/mol. The van der Waals surface area contributed by atoms with E-state index in [1.807, 2.05) is 0 Å². The van der Waals surface area contributed by atoms with Crippen LogP contribution in [0.5, 0.6) is 0 Å². The van der Waals surface area contributed by atoms with Crippen LogP contribution in [0.1, 0.15) is 45.4 Å². The van der Waals surface area contributed by atoms with Crippen LogP contribution in [-0.2, 0) is 0 Å². The fourth-order valence-corrected chi connectivity index (χ4v) is 5.62. The molecule has 0 unspecified atom stereocenters. The van der Waals surface area contributed by atoms with Gasteiger partial charge < -0.3 is 0 Å².